The zero-order valence-electron chi connectivity index (χ0n) is 10.5. The van der Waals surface area contributed by atoms with Crippen molar-refractivity contribution in [1.82, 2.24) is 5.32 Å². The second kappa shape index (κ2) is 6.52. The zero-order valence-corrected chi connectivity index (χ0v) is 12.9. The van der Waals surface area contributed by atoms with E-state index in [9.17, 15) is 4.79 Å². The summed E-state index contributed by atoms with van der Waals surface area (Å²) < 4.78 is 5.97. The molecule has 3 nitrogen and oxygen atoms in total. The van der Waals surface area contributed by atoms with Crippen LogP contribution in [0.5, 0.6) is 0 Å². The summed E-state index contributed by atoms with van der Waals surface area (Å²) in [6, 6.07) is 4.03. The molecule has 0 saturated carbocycles. The minimum Gasteiger partial charge on any atom is -0.469 e. The minimum atomic E-state index is -0.171. The average molecular weight is 320 g/mol. The summed E-state index contributed by atoms with van der Waals surface area (Å²) in [5.41, 5.74) is 0. The van der Waals surface area contributed by atoms with Crippen molar-refractivity contribution in [1.29, 1.82) is 0 Å². The van der Waals surface area contributed by atoms with E-state index < -0.39 is 0 Å². The largest absolute Gasteiger partial charge is 0.469 e. The lowest BCUT2D eigenvalue weighted by Crippen LogP contribution is -2.34. The van der Waals surface area contributed by atoms with Gasteiger partial charge in [-0.3, -0.25) is 4.79 Å². The molecule has 0 radical (unpaired) electrons. The molecule has 0 amide bonds. The topological polar surface area (TPSA) is 38.3 Å². The van der Waals surface area contributed by atoms with Crippen LogP contribution in [0.1, 0.15) is 24.8 Å². The quantitative estimate of drug-likeness (QED) is 0.847. The van der Waals surface area contributed by atoms with Gasteiger partial charge in [0.15, 0.2) is 0 Å². The highest BCUT2D eigenvalue weighted by Crippen LogP contribution is 2.34. The van der Waals surface area contributed by atoms with Gasteiger partial charge in [0.05, 0.1) is 22.9 Å². The van der Waals surface area contributed by atoms with Crippen LogP contribution in [-0.4, -0.2) is 20.1 Å². The van der Waals surface area contributed by atoms with Crippen molar-refractivity contribution in [2.75, 3.05) is 14.2 Å². The number of carbonyl (C=O) groups is 1. The predicted molar refractivity (Wildman–Crippen MR) is 74.2 cm³/mol. The van der Waals surface area contributed by atoms with Crippen LogP contribution in [0, 0.1) is 11.8 Å². The van der Waals surface area contributed by atoms with Gasteiger partial charge in [0.2, 0.25) is 0 Å². The molecule has 0 fully saturated rings. The Kier molecular flexibility index (Phi) is 5.62. The standard InChI is InChI=1S/C12H18BrNO2S/c1-7(2)10(12(15)16-4)11(14-3)8-5-6-9(13)17-8/h5-7,10-11,14H,1-4H3. The maximum Gasteiger partial charge on any atom is 0.310 e. The molecule has 1 heterocycles. The molecule has 1 rings (SSSR count). The van der Waals surface area contributed by atoms with E-state index in [0.29, 0.717) is 0 Å². The molecule has 0 aromatic carbocycles. The number of carbonyl (C=O) groups excluding carboxylic acids is 1. The van der Waals surface area contributed by atoms with Crippen LogP contribution < -0.4 is 5.32 Å². The molecular formula is C12H18BrNO2S. The van der Waals surface area contributed by atoms with Gasteiger partial charge in [0.25, 0.3) is 0 Å². The van der Waals surface area contributed by atoms with Crippen molar-refractivity contribution < 1.29 is 9.53 Å². The summed E-state index contributed by atoms with van der Waals surface area (Å²) in [5.74, 6) is -0.111. The molecule has 0 spiro atoms. The molecule has 0 aliphatic rings. The third-order valence-electron chi connectivity index (χ3n) is 2.76. The lowest BCUT2D eigenvalue weighted by molar-refractivity contribution is -0.148. The number of hydrogen-bond acceptors (Lipinski definition) is 4. The first kappa shape index (κ1) is 14.7. The van der Waals surface area contributed by atoms with Gasteiger partial charge in [-0.05, 0) is 41.0 Å². The summed E-state index contributed by atoms with van der Waals surface area (Å²) in [5, 5.41) is 3.22. The van der Waals surface area contributed by atoms with E-state index in [2.05, 4.69) is 21.2 Å². The van der Waals surface area contributed by atoms with E-state index in [1.54, 1.807) is 11.3 Å². The zero-order chi connectivity index (χ0) is 13.0. The number of methoxy groups -OCH3 is 1. The number of hydrogen-bond donors (Lipinski definition) is 1. The van der Waals surface area contributed by atoms with Crippen molar-refractivity contribution in [3.8, 4) is 0 Å². The third kappa shape index (κ3) is 3.53. The van der Waals surface area contributed by atoms with Crippen LogP contribution in [0.4, 0.5) is 0 Å². The number of thiophene rings is 1. The lowest BCUT2D eigenvalue weighted by Gasteiger charge is -2.26. The van der Waals surface area contributed by atoms with E-state index in [1.165, 1.54) is 7.11 Å². The summed E-state index contributed by atoms with van der Waals surface area (Å²) in [7, 11) is 3.31. The molecule has 5 heteroatoms. The molecule has 1 N–H and O–H groups in total. The number of rotatable bonds is 5. The number of nitrogens with one attached hydrogen (secondary N) is 1. The van der Waals surface area contributed by atoms with Gasteiger partial charge >= 0.3 is 5.97 Å². The maximum atomic E-state index is 11.9. The fourth-order valence-corrected chi connectivity index (χ4v) is 3.51. The van der Waals surface area contributed by atoms with Gasteiger partial charge in [-0.2, -0.15) is 0 Å². The first-order valence-electron chi connectivity index (χ1n) is 5.51. The second-order valence-corrected chi connectivity index (χ2v) is 6.70. The molecule has 0 aliphatic heterocycles. The Morgan fingerprint density at radius 1 is 1.47 bits per heavy atom. The number of esters is 1. The second-order valence-electron chi connectivity index (χ2n) is 4.20. The Bertz CT molecular complexity index is 378. The van der Waals surface area contributed by atoms with E-state index in [0.717, 1.165) is 8.66 Å². The van der Waals surface area contributed by atoms with Gasteiger partial charge in [0, 0.05) is 4.88 Å². The van der Waals surface area contributed by atoms with Crippen LogP contribution in [0.3, 0.4) is 0 Å². The van der Waals surface area contributed by atoms with Gasteiger partial charge in [-0.15, -0.1) is 11.3 Å². The van der Waals surface area contributed by atoms with Gasteiger partial charge < -0.3 is 10.1 Å². The normalized spacial score (nSPS) is 14.7. The highest BCUT2D eigenvalue weighted by atomic mass is 79.9. The van der Waals surface area contributed by atoms with Crippen molar-refractivity contribution in [3.05, 3.63) is 20.8 Å². The van der Waals surface area contributed by atoms with Crippen molar-refractivity contribution in [3.63, 3.8) is 0 Å². The van der Waals surface area contributed by atoms with Crippen LogP contribution >= 0.6 is 27.3 Å². The molecule has 2 atom stereocenters. The summed E-state index contributed by atoms with van der Waals surface area (Å²) in [6.45, 7) is 4.07. The number of halogens is 1. The first-order chi connectivity index (χ1) is 8.01. The van der Waals surface area contributed by atoms with Gasteiger partial charge in [0.1, 0.15) is 0 Å². The molecule has 1 aromatic heterocycles. The average Bonchev–Trinajstić information content (AvgIpc) is 2.70. The van der Waals surface area contributed by atoms with E-state index in [1.807, 2.05) is 33.0 Å². The lowest BCUT2D eigenvalue weighted by atomic mass is 9.87. The highest BCUT2D eigenvalue weighted by Gasteiger charge is 2.32. The van der Waals surface area contributed by atoms with Crippen LogP contribution in [0.25, 0.3) is 0 Å². The predicted octanol–water partition coefficient (Wildman–Crippen LogP) is 3.22. The molecule has 0 bridgehead atoms. The summed E-state index contributed by atoms with van der Waals surface area (Å²) >= 11 is 5.08. The van der Waals surface area contributed by atoms with Crippen molar-refractivity contribution >= 4 is 33.2 Å². The Balaban J connectivity index is 3.01. The molecule has 0 aliphatic carbocycles. The smallest absolute Gasteiger partial charge is 0.310 e. The highest BCUT2D eigenvalue weighted by molar-refractivity contribution is 9.11. The van der Waals surface area contributed by atoms with Crippen LogP contribution in [-0.2, 0) is 9.53 Å². The van der Waals surface area contributed by atoms with E-state index >= 15 is 0 Å². The molecule has 2 unspecified atom stereocenters. The number of ether oxygens (including phenoxy) is 1. The fraction of sp³-hybridized carbons (Fsp3) is 0.583. The first-order valence-corrected chi connectivity index (χ1v) is 7.12. The maximum absolute atomic E-state index is 11.9. The Morgan fingerprint density at radius 2 is 2.12 bits per heavy atom. The fourth-order valence-electron chi connectivity index (χ4n) is 1.92. The summed E-state index contributed by atoms with van der Waals surface area (Å²) in [4.78, 5) is 13.0. The van der Waals surface area contributed by atoms with Crippen LogP contribution in [0.15, 0.2) is 15.9 Å². The molecular weight excluding hydrogens is 302 g/mol. The van der Waals surface area contributed by atoms with Gasteiger partial charge in [-0.25, -0.2) is 0 Å². The molecule has 17 heavy (non-hydrogen) atoms. The van der Waals surface area contributed by atoms with E-state index in [-0.39, 0.29) is 23.8 Å². The molecule has 0 saturated heterocycles. The van der Waals surface area contributed by atoms with Crippen molar-refractivity contribution in [2.24, 2.45) is 11.8 Å². The molecule has 96 valence electrons. The van der Waals surface area contributed by atoms with Crippen molar-refractivity contribution in [2.45, 2.75) is 19.9 Å². The van der Waals surface area contributed by atoms with E-state index in [4.69, 9.17) is 4.74 Å². The SMILES string of the molecule is CNC(c1ccc(Br)s1)C(C(=O)OC)C(C)C. The third-order valence-corrected chi connectivity index (χ3v) is 4.47. The van der Waals surface area contributed by atoms with Gasteiger partial charge in [-0.1, -0.05) is 13.8 Å². The van der Waals surface area contributed by atoms with Crippen LogP contribution in [0.2, 0.25) is 0 Å². The monoisotopic (exact) mass is 319 g/mol. The Labute approximate surface area is 115 Å². The Hall–Kier alpha value is -0.390. The summed E-state index contributed by atoms with van der Waals surface area (Å²) in [6.07, 6.45) is 0. The molecule has 1 aromatic rings. The minimum absolute atomic E-state index is 0.00116. The Morgan fingerprint density at radius 3 is 2.47 bits per heavy atom.